The Kier molecular flexibility index (Phi) is 8.11. The summed E-state index contributed by atoms with van der Waals surface area (Å²) in [6.07, 6.45) is -2.67. The zero-order valence-corrected chi connectivity index (χ0v) is 17.1. The SMILES string of the molecule is O=C(OCC(O)C(COC(=O)c1ccccc1)OC(=O)c1ccccc1)c1ccccc1. The molecule has 0 aliphatic rings. The average Bonchev–Trinajstić information content (AvgIpc) is 2.86. The van der Waals surface area contributed by atoms with Crippen LogP contribution in [0.3, 0.4) is 0 Å². The van der Waals surface area contributed by atoms with Gasteiger partial charge in [-0.1, -0.05) is 54.6 Å². The van der Waals surface area contributed by atoms with Gasteiger partial charge >= 0.3 is 17.9 Å². The summed E-state index contributed by atoms with van der Waals surface area (Å²) in [5.41, 5.74) is 0.888. The van der Waals surface area contributed by atoms with Crippen LogP contribution in [0.2, 0.25) is 0 Å². The summed E-state index contributed by atoms with van der Waals surface area (Å²) >= 11 is 0. The summed E-state index contributed by atoms with van der Waals surface area (Å²) in [7, 11) is 0. The number of benzene rings is 3. The predicted octanol–water partition coefficient (Wildman–Crippen LogP) is 3.29. The van der Waals surface area contributed by atoms with Crippen molar-refractivity contribution in [1.82, 2.24) is 0 Å². The van der Waals surface area contributed by atoms with Crippen molar-refractivity contribution in [3.05, 3.63) is 108 Å². The minimum Gasteiger partial charge on any atom is -0.459 e. The summed E-state index contributed by atoms with van der Waals surface area (Å²) in [4.78, 5) is 36.8. The molecule has 3 aromatic rings. The molecule has 1 N–H and O–H groups in total. The molecule has 3 rings (SSSR count). The van der Waals surface area contributed by atoms with E-state index in [9.17, 15) is 19.5 Å². The van der Waals surface area contributed by atoms with E-state index in [1.165, 1.54) is 0 Å². The third-order valence-corrected chi connectivity index (χ3v) is 4.48. The van der Waals surface area contributed by atoms with Gasteiger partial charge < -0.3 is 19.3 Å². The Hall–Kier alpha value is -3.97. The van der Waals surface area contributed by atoms with Crippen LogP contribution in [0.25, 0.3) is 0 Å². The number of rotatable bonds is 9. The van der Waals surface area contributed by atoms with Crippen LogP contribution in [0.5, 0.6) is 0 Å². The van der Waals surface area contributed by atoms with Gasteiger partial charge in [0, 0.05) is 0 Å². The fourth-order valence-corrected chi connectivity index (χ4v) is 2.74. The number of carbonyl (C=O) groups excluding carboxylic acids is 3. The maximum Gasteiger partial charge on any atom is 0.338 e. The van der Waals surface area contributed by atoms with E-state index in [4.69, 9.17) is 14.2 Å². The first-order valence-corrected chi connectivity index (χ1v) is 9.93. The first kappa shape index (κ1) is 22.7. The van der Waals surface area contributed by atoms with E-state index in [-0.39, 0.29) is 5.56 Å². The van der Waals surface area contributed by atoms with Gasteiger partial charge in [-0.3, -0.25) is 0 Å². The Labute approximate surface area is 185 Å². The van der Waals surface area contributed by atoms with Crippen molar-refractivity contribution in [1.29, 1.82) is 0 Å². The average molecular weight is 434 g/mol. The maximum atomic E-state index is 12.5. The smallest absolute Gasteiger partial charge is 0.338 e. The third kappa shape index (κ3) is 6.52. The van der Waals surface area contributed by atoms with Gasteiger partial charge in [-0.05, 0) is 36.4 Å². The summed E-state index contributed by atoms with van der Waals surface area (Å²) in [6, 6.07) is 24.7. The van der Waals surface area contributed by atoms with E-state index in [0.29, 0.717) is 11.1 Å². The maximum absolute atomic E-state index is 12.5. The van der Waals surface area contributed by atoms with Crippen molar-refractivity contribution in [2.24, 2.45) is 0 Å². The van der Waals surface area contributed by atoms with E-state index < -0.39 is 43.3 Å². The van der Waals surface area contributed by atoms with Crippen molar-refractivity contribution in [3.8, 4) is 0 Å². The highest BCUT2D eigenvalue weighted by Gasteiger charge is 2.27. The molecule has 0 aromatic heterocycles. The van der Waals surface area contributed by atoms with Crippen molar-refractivity contribution in [2.75, 3.05) is 13.2 Å². The van der Waals surface area contributed by atoms with Gasteiger partial charge in [-0.15, -0.1) is 0 Å². The minimum absolute atomic E-state index is 0.264. The number of ether oxygens (including phenoxy) is 3. The molecule has 0 spiro atoms. The molecule has 0 bridgehead atoms. The molecule has 3 aromatic carbocycles. The fourth-order valence-electron chi connectivity index (χ4n) is 2.74. The lowest BCUT2D eigenvalue weighted by atomic mass is 10.2. The van der Waals surface area contributed by atoms with Crippen molar-refractivity contribution in [2.45, 2.75) is 12.2 Å². The summed E-state index contributed by atoms with van der Waals surface area (Å²) in [6.45, 7) is -0.875. The van der Waals surface area contributed by atoms with E-state index in [1.807, 2.05) is 0 Å². The van der Waals surface area contributed by atoms with Crippen LogP contribution < -0.4 is 0 Å². The van der Waals surface area contributed by atoms with E-state index in [1.54, 1.807) is 91.0 Å². The number of hydrogen-bond acceptors (Lipinski definition) is 7. The quantitative estimate of drug-likeness (QED) is 0.408. The van der Waals surface area contributed by atoms with Crippen LogP contribution in [-0.2, 0) is 14.2 Å². The van der Waals surface area contributed by atoms with E-state index in [0.717, 1.165) is 0 Å². The molecule has 0 heterocycles. The lowest BCUT2D eigenvalue weighted by Gasteiger charge is -2.23. The molecule has 2 unspecified atom stereocenters. The normalized spacial score (nSPS) is 12.3. The van der Waals surface area contributed by atoms with Crippen LogP contribution in [0.4, 0.5) is 0 Å². The van der Waals surface area contributed by atoms with Gasteiger partial charge in [0.05, 0.1) is 16.7 Å². The minimum atomic E-state index is -1.42. The molecule has 7 heteroatoms. The molecule has 0 saturated heterocycles. The second-order valence-corrected chi connectivity index (χ2v) is 6.81. The highest BCUT2D eigenvalue weighted by Crippen LogP contribution is 2.11. The third-order valence-electron chi connectivity index (χ3n) is 4.48. The lowest BCUT2D eigenvalue weighted by Crippen LogP contribution is -2.39. The predicted molar refractivity (Wildman–Crippen MR) is 115 cm³/mol. The van der Waals surface area contributed by atoms with Crippen molar-refractivity contribution >= 4 is 17.9 Å². The molecule has 7 nitrogen and oxygen atoms in total. The lowest BCUT2D eigenvalue weighted by molar-refractivity contribution is -0.0657. The Morgan fingerprint density at radius 3 is 1.41 bits per heavy atom. The Bertz CT molecular complexity index is 1020. The molecule has 164 valence electrons. The molecular formula is C25H22O7. The number of aliphatic hydroxyl groups is 1. The van der Waals surface area contributed by atoms with Crippen LogP contribution in [0.1, 0.15) is 31.1 Å². The summed E-state index contributed by atoms with van der Waals surface area (Å²) in [5.74, 6) is -1.99. The monoisotopic (exact) mass is 434 g/mol. The molecule has 0 aliphatic heterocycles. The number of aliphatic hydroxyl groups excluding tert-OH is 1. The van der Waals surface area contributed by atoms with Gasteiger partial charge in [-0.2, -0.15) is 0 Å². The Balaban J connectivity index is 1.65. The largest absolute Gasteiger partial charge is 0.459 e. The topological polar surface area (TPSA) is 99.1 Å². The molecular weight excluding hydrogens is 412 g/mol. The number of esters is 3. The molecule has 32 heavy (non-hydrogen) atoms. The van der Waals surface area contributed by atoms with Crippen LogP contribution >= 0.6 is 0 Å². The molecule has 0 radical (unpaired) electrons. The van der Waals surface area contributed by atoms with Gasteiger partial charge in [0.25, 0.3) is 0 Å². The molecule has 0 aliphatic carbocycles. The van der Waals surface area contributed by atoms with E-state index in [2.05, 4.69) is 0 Å². The zero-order valence-electron chi connectivity index (χ0n) is 17.1. The van der Waals surface area contributed by atoms with Crippen LogP contribution in [0.15, 0.2) is 91.0 Å². The second-order valence-electron chi connectivity index (χ2n) is 6.81. The Morgan fingerprint density at radius 1 is 0.594 bits per heavy atom. The fraction of sp³-hybridized carbons (Fsp3) is 0.160. The molecule has 2 atom stereocenters. The summed E-state index contributed by atoms with van der Waals surface area (Å²) < 4.78 is 15.7. The van der Waals surface area contributed by atoms with Crippen molar-refractivity contribution < 1.29 is 33.7 Å². The highest BCUT2D eigenvalue weighted by molar-refractivity contribution is 5.90. The molecule has 0 fully saturated rings. The number of carbonyl (C=O) groups is 3. The van der Waals surface area contributed by atoms with Gasteiger partial charge in [0.1, 0.15) is 19.3 Å². The highest BCUT2D eigenvalue weighted by atomic mass is 16.6. The zero-order chi connectivity index (χ0) is 22.8. The molecule has 0 saturated carbocycles. The second kappa shape index (κ2) is 11.4. The van der Waals surface area contributed by atoms with Gasteiger partial charge in [-0.25, -0.2) is 14.4 Å². The van der Waals surface area contributed by atoms with Gasteiger partial charge in [0.2, 0.25) is 0 Å². The molecule has 0 amide bonds. The Morgan fingerprint density at radius 2 is 0.969 bits per heavy atom. The first-order chi connectivity index (χ1) is 15.5. The van der Waals surface area contributed by atoms with Gasteiger partial charge in [0.15, 0.2) is 6.10 Å². The van der Waals surface area contributed by atoms with Crippen molar-refractivity contribution in [3.63, 3.8) is 0 Å². The first-order valence-electron chi connectivity index (χ1n) is 9.93. The van der Waals surface area contributed by atoms with Crippen LogP contribution in [-0.4, -0.2) is 48.4 Å². The van der Waals surface area contributed by atoms with Crippen LogP contribution in [0, 0.1) is 0 Å². The summed E-state index contributed by atoms with van der Waals surface area (Å²) in [5, 5.41) is 10.5. The van der Waals surface area contributed by atoms with E-state index >= 15 is 0 Å². The standard InChI is InChI=1S/C25H22O7/c26-21(16-30-23(27)18-10-4-1-5-11-18)22(32-25(29)20-14-8-3-9-15-20)17-31-24(28)19-12-6-2-7-13-19/h1-15,21-22,26H,16-17H2. The number of hydrogen-bond donors (Lipinski definition) is 1.